The predicted molar refractivity (Wildman–Crippen MR) is 55.8 cm³/mol. The molecular formula is C10H19N3O2. The van der Waals surface area contributed by atoms with Gasteiger partial charge in [0.05, 0.1) is 12.1 Å². The Labute approximate surface area is 89.4 Å². The summed E-state index contributed by atoms with van der Waals surface area (Å²) in [5.41, 5.74) is 10.7. The Balaban J connectivity index is 1.86. The second-order valence-electron chi connectivity index (χ2n) is 4.80. The molecule has 2 aliphatic rings. The summed E-state index contributed by atoms with van der Waals surface area (Å²) in [4.78, 5) is 13.0. The molecule has 4 atom stereocenters. The highest BCUT2D eigenvalue weighted by Crippen LogP contribution is 2.37. The van der Waals surface area contributed by atoms with Crippen LogP contribution in [-0.4, -0.2) is 47.7 Å². The standard InChI is InChI=1S/C10H19N3O2/c11-8(10(12)15)5-13-3-6-1-2-9(14)7(6)4-13/h6-9,14H,1-5,11H2,(H2,12,15). The van der Waals surface area contributed by atoms with Crippen LogP contribution in [0.2, 0.25) is 0 Å². The monoisotopic (exact) mass is 213 g/mol. The van der Waals surface area contributed by atoms with E-state index in [0.717, 1.165) is 25.9 Å². The van der Waals surface area contributed by atoms with Gasteiger partial charge in [0.15, 0.2) is 0 Å². The average molecular weight is 213 g/mol. The number of carbonyl (C=O) groups excluding carboxylic acids is 1. The van der Waals surface area contributed by atoms with Gasteiger partial charge in [-0.3, -0.25) is 4.79 Å². The zero-order chi connectivity index (χ0) is 11.0. The van der Waals surface area contributed by atoms with Crippen molar-refractivity contribution >= 4 is 5.91 Å². The number of aliphatic hydroxyl groups excluding tert-OH is 1. The summed E-state index contributed by atoms with van der Waals surface area (Å²) in [5, 5.41) is 9.71. The molecule has 1 heterocycles. The summed E-state index contributed by atoms with van der Waals surface area (Å²) in [7, 11) is 0. The Morgan fingerprint density at radius 3 is 2.80 bits per heavy atom. The Morgan fingerprint density at radius 2 is 2.20 bits per heavy atom. The molecule has 4 unspecified atom stereocenters. The number of carbonyl (C=O) groups is 1. The minimum Gasteiger partial charge on any atom is -0.393 e. The highest BCUT2D eigenvalue weighted by Gasteiger charge is 2.42. The Kier molecular flexibility index (Phi) is 2.95. The smallest absolute Gasteiger partial charge is 0.235 e. The molecule has 2 fully saturated rings. The first kappa shape index (κ1) is 10.9. The van der Waals surface area contributed by atoms with Crippen molar-refractivity contribution in [2.24, 2.45) is 23.3 Å². The first-order valence-corrected chi connectivity index (χ1v) is 5.53. The summed E-state index contributed by atoms with van der Waals surface area (Å²) in [6.07, 6.45) is 1.85. The van der Waals surface area contributed by atoms with Crippen molar-refractivity contribution in [2.45, 2.75) is 25.0 Å². The zero-order valence-corrected chi connectivity index (χ0v) is 8.80. The van der Waals surface area contributed by atoms with Crippen LogP contribution in [-0.2, 0) is 4.79 Å². The van der Waals surface area contributed by atoms with Gasteiger partial charge in [-0.1, -0.05) is 0 Å². The number of rotatable bonds is 3. The quantitative estimate of drug-likeness (QED) is 0.532. The number of primary amides is 1. The first-order chi connectivity index (χ1) is 7.08. The molecule has 0 aromatic carbocycles. The van der Waals surface area contributed by atoms with Crippen molar-refractivity contribution in [3.8, 4) is 0 Å². The van der Waals surface area contributed by atoms with Crippen LogP contribution in [0.5, 0.6) is 0 Å². The number of hydrogen-bond acceptors (Lipinski definition) is 4. The van der Waals surface area contributed by atoms with E-state index in [-0.39, 0.29) is 6.10 Å². The largest absolute Gasteiger partial charge is 0.393 e. The molecule has 0 bridgehead atoms. The maximum atomic E-state index is 10.8. The zero-order valence-electron chi connectivity index (χ0n) is 8.80. The highest BCUT2D eigenvalue weighted by molar-refractivity contribution is 5.79. The number of fused-ring (bicyclic) bond motifs is 1. The van der Waals surface area contributed by atoms with Gasteiger partial charge in [-0.25, -0.2) is 0 Å². The van der Waals surface area contributed by atoms with Crippen molar-refractivity contribution in [3.05, 3.63) is 0 Å². The van der Waals surface area contributed by atoms with Crippen LogP contribution in [0.4, 0.5) is 0 Å². The molecular weight excluding hydrogens is 194 g/mol. The summed E-state index contributed by atoms with van der Waals surface area (Å²) < 4.78 is 0. The molecule has 0 aromatic heterocycles. The van der Waals surface area contributed by atoms with Crippen LogP contribution in [0.3, 0.4) is 0 Å². The topological polar surface area (TPSA) is 92.6 Å². The summed E-state index contributed by atoms with van der Waals surface area (Å²) in [6, 6.07) is -0.582. The molecule has 5 heteroatoms. The third kappa shape index (κ3) is 2.14. The van der Waals surface area contributed by atoms with Gasteiger partial charge in [-0.2, -0.15) is 0 Å². The van der Waals surface area contributed by atoms with Crippen LogP contribution in [0.25, 0.3) is 0 Å². The normalized spacial score (nSPS) is 37.9. The van der Waals surface area contributed by atoms with Crippen molar-refractivity contribution in [2.75, 3.05) is 19.6 Å². The Morgan fingerprint density at radius 1 is 1.47 bits per heavy atom. The predicted octanol–water partition coefficient (Wildman–Crippen LogP) is -1.50. The van der Waals surface area contributed by atoms with E-state index in [9.17, 15) is 9.90 Å². The molecule has 1 aliphatic carbocycles. The van der Waals surface area contributed by atoms with Crippen molar-refractivity contribution in [1.29, 1.82) is 0 Å². The molecule has 5 nitrogen and oxygen atoms in total. The summed E-state index contributed by atoms with van der Waals surface area (Å²) >= 11 is 0. The highest BCUT2D eigenvalue weighted by atomic mass is 16.3. The van der Waals surface area contributed by atoms with Crippen LogP contribution >= 0.6 is 0 Å². The Bertz CT molecular complexity index is 259. The number of nitrogens with zero attached hydrogens (tertiary/aromatic N) is 1. The summed E-state index contributed by atoms with van der Waals surface area (Å²) in [6.45, 7) is 2.32. The second kappa shape index (κ2) is 4.08. The maximum absolute atomic E-state index is 10.8. The van der Waals surface area contributed by atoms with Gasteiger partial charge in [-0.05, 0) is 18.8 Å². The second-order valence-corrected chi connectivity index (χ2v) is 4.80. The van der Waals surface area contributed by atoms with E-state index in [4.69, 9.17) is 11.5 Å². The molecule has 1 aliphatic heterocycles. The van der Waals surface area contributed by atoms with Crippen LogP contribution in [0.1, 0.15) is 12.8 Å². The van der Waals surface area contributed by atoms with Crippen molar-refractivity contribution in [1.82, 2.24) is 4.90 Å². The van der Waals surface area contributed by atoms with E-state index in [1.807, 2.05) is 0 Å². The fourth-order valence-corrected chi connectivity index (χ4v) is 2.85. The van der Waals surface area contributed by atoms with E-state index in [1.165, 1.54) is 0 Å². The van der Waals surface area contributed by atoms with Gasteiger partial charge >= 0.3 is 0 Å². The molecule has 0 aromatic rings. The molecule has 1 saturated carbocycles. The van der Waals surface area contributed by atoms with Gasteiger partial charge in [0.1, 0.15) is 0 Å². The molecule has 0 spiro atoms. The molecule has 1 amide bonds. The minimum atomic E-state index is -0.582. The third-order valence-electron chi connectivity index (χ3n) is 3.72. The van der Waals surface area contributed by atoms with Gasteiger partial charge in [0, 0.05) is 25.6 Å². The SMILES string of the molecule is NC(=O)C(N)CN1CC2CCC(O)C2C1. The average Bonchev–Trinajstić information content (AvgIpc) is 2.69. The molecule has 1 saturated heterocycles. The van der Waals surface area contributed by atoms with E-state index < -0.39 is 11.9 Å². The maximum Gasteiger partial charge on any atom is 0.235 e. The first-order valence-electron chi connectivity index (χ1n) is 5.53. The van der Waals surface area contributed by atoms with Crippen LogP contribution in [0.15, 0.2) is 0 Å². The number of nitrogens with two attached hydrogens (primary N) is 2. The van der Waals surface area contributed by atoms with E-state index in [2.05, 4.69) is 4.90 Å². The van der Waals surface area contributed by atoms with E-state index >= 15 is 0 Å². The van der Waals surface area contributed by atoms with Gasteiger partial charge in [0.2, 0.25) is 5.91 Å². The molecule has 5 N–H and O–H groups in total. The van der Waals surface area contributed by atoms with Crippen LogP contribution < -0.4 is 11.5 Å². The molecule has 0 radical (unpaired) electrons. The fourth-order valence-electron chi connectivity index (χ4n) is 2.85. The van der Waals surface area contributed by atoms with Gasteiger partial charge in [0.25, 0.3) is 0 Å². The number of amides is 1. The molecule has 86 valence electrons. The van der Waals surface area contributed by atoms with Crippen LogP contribution in [0, 0.1) is 11.8 Å². The summed E-state index contributed by atoms with van der Waals surface area (Å²) in [5.74, 6) is 0.512. The van der Waals surface area contributed by atoms with Gasteiger partial charge in [-0.15, -0.1) is 0 Å². The lowest BCUT2D eigenvalue weighted by Gasteiger charge is -2.20. The lowest BCUT2D eigenvalue weighted by atomic mass is 10.00. The molecule has 2 rings (SSSR count). The molecule has 15 heavy (non-hydrogen) atoms. The lowest BCUT2D eigenvalue weighted by molar-refractivity contribution is -0.119. The van der Waals surface area contributed by atoms with E-state index in [1.54, 1.807) is 0 Å². The fraction of sp³-hybridized carbons (Fsp3) is 0.900. The third-order valence-corrected chi connectivity index (χ3v) is 3.72. The van der Waals surface area contributed by atoms with Crippen molar-refractivity contribution < 1.29 is 9.90 Å². The number of hydrogen-bond donors (Lipinski definition) is 3. The Hall–Kier alpha value is -0.650. The minimum absolute atomic E-state index is 0.162. The lowest BCUT2D eigenvalue weighted by Crippen LogP contribution is -2.45. The number of likely N-dealkylation sites (tertiary alicyclic amines) is 1. The van der Waals surface area contributed by atoms with Crippen molar-refractivity contribution in [3.63, 3.8) is 0 Å². The van der Waals surface area contributed by atoms with Gasteiger partial charge < -0.3 is 21.5 Å². The number of aliphatic hydroxyl groups is 1. The van der Waals surface area contributed by atoms with E-state index in [0.29, 0.717) is 18.4 Å².